The second kappa shape index (κ2) is 7.51. The molecular formula is C16H10Cl2N4O4. The fraction of sp³-hybridized carbons (Fsp3) is 0.0625. The van der Waals surface area contributed by atoms with Crippen LogP contribution >= 0.6 is 23.2 Å². The molecule has 3 aromatic rings. The molecule has 3 rings (SSSR count). The van der Waals surface area contributed by atoms with Gasteiger partial charge in [0.2, 0.25) is 11.7 Å². The number of nitrogens with one attached hydrogen (secondary N) is 1. The van der Waals surface area contributed by atoms with E-state index in [1.807, 2.05) is 0 Å². The van der Waals surface area contributed by atoms with Crippen LogP contribution in [0.25, 0.3) is 11.4 Å². The number of aromatic nitrogens is 2. The molecule has 0 radical (unpaired) electrons. The lowest BCUT2D eigenvalue weighted by Gasteiger charge is -2.04. The van der Waals surface area contributed by atoms with E-state index in [4.69, 9.17) is 27.7 Å². The number of halogens is 2. The summed E-state index contributed by atoms with van der Waals surface area (Å²) in [6.07, 6.45) is 0. The standard InChI is InChI=1S/C16H10Cl2N4O4/c17-12-4-2-1-3-10(12)15-20-14(26-21-15)8-19-16(23)11-6-5-9(22(24)25)7-13(11)18/h1-7H,8H2,(H,19,23). The summed E-state index contributed by atoms with van der Waals surface area (Å²) in [5.41, 5.74) is 0.504. The molecule has 1 heterocycles. The Kier molecular flexibility index (Phi) is 5.15. The molecule has 0 saturated carbocycles. The smallest absolute Gasteiger partial charge is 0.270 e. The highest BCUT2D eigenvalue weighted by Crippen LogP contribution is 2.25. The molecule has 0 spiro atoms. The number of hydrogen-bond donors (Lipinski definition) is 1. The van der Waals surface area contributed by atoms with Gasteiger partial charge in [-0.15, -0.1) is 0 Å². The van der Waals surface area contributed by atoms with Gasteiger partial charge in [-0.1, -0.05) is 40.5 Å². The molecule has 26 heavy (non-hydrogen) atoms. The van der Waals surface area contributed by atoms with E-state index in [0.717, 1.165) is 6.07 Å². The van der Waals surface area contributed by atoms with Crippen molar-refractivity contribution in [2.45, 2.75) is 6.54 Å². The van der Waals surface area contributed by atoms with Crippen LogP contribution in [0.2, 0.25) is 10.0 Å². The molecule has 132 valence electrons. The number of benzene rings is 2. The number of amides is 1. The second-order valence-electron chi connectivity index (χ2n) is 5.10. The van der Waals surface area contributed by atoms with Crippen LogP contribution in [0.1, 0.15) is 16.2 Å². The van der Waals surface area contributed by atoms with Gasteiger partial charge in [-0.3, -0.25) is 14.9 Å². The topological polar surface area (TPSA) is 111 Å². The highest BCUT2D eigenvalue weighted by atomic mass is 35.5. The first-order chi connectivity index (χ1) is 12.5. The number of nitrogens with zero attached hydrogens (tertiary/aromatic N) is 3. The first kappa shape index (κ1) is 17.8. The number of nitro benzene ring substituents is 1. The molecule has 0 unspecified atom stereocenters. The molecule has 0 fully saturated rings. The van der Waals surface area contributed by atoms with Crippen molar-refractivity contribution in [1.82, 2.24) is 15.5 Å². The summed E-state index contributed by atoms with van der Waals surface area (Å²) in [4.78, 5) is 26.4. The molecule has 0 aliphatic rings. The minimum atomic E-state index is -0.595. The second-order valence-corrected chi connectivity index (χ2v) is 5.91. The van der Waals surface area contributed by atoms with E-state index in [0.29, 0.717) is 16.4 Å². The summed E-state index contributed by atoms with van der Waals surface area (Å²) >= 11 is 12.0. The molecular weight excluding hydrogens is 383 g/mol. The Hall–Kier alpha value is -2.97. The largest absolute Gasteiger partial charge is 0.343 e. The van der Waals surface area contributed by atoms with Gasteiger partial charge in [-0.2, -0.15) is 4.98 Å². The van der Waals surface area contributed by atoms with Gasteiger partial charge in [0.05, 0.1) is 27.1 Å². The normalized spacial score (nSPS) is 10.5. The van der Waals surface area contributed by atoms with E-state index in [1.165, 1.54) is 12.1 Å². The predicted molar refractivity (Wildman–Crippen MR) is 94.0 cm³/mol. The van der Waals surface area contributed by atoms with Crippen molar-refractivity contribution in [3.63, 3.8) is 0 Å². The van der Waals surface area contributed by atoms with E-state index >= 15 is 0 Å². The Labute approximate surface area is 156 Å². The number of carbonyl (C=O) groups is 1. The lowest BCUT2D eigenvalue weighted by atomic mass is 10.2. The van der Waals surface area contributed by atoms with Gasteiger partial charge in [0.15, 0.2) is 0 Å². The molecule has 0 atom stereocenters. The number of carbonyl (C=O) groups excluding carboxylic acids is 1. The first-order valence-electron chi connectivity index (χ1n) is 7.25. The monoisotopic (exact) mass is 392 g/mol. The highest BCUT2D eigenvalue weighted by Gasteiger charge is 2.16. The third-order valence-electron chi connectivity index (χ3n) is 3.39. The Morgan fingerprint density at radius 3 is 2.65 bits per heavy atom. The fourth-order valence-electron chi connectivity index (χ4n) is 2.13. The summed E-state index contributed by atoms with van der Waals surface area (Å²) in [6, 6.07) is 10.6. The van der Waals surface area contributed by atoms with Gasteiger partial charge in [0.1, 0.15) is 0 Å². The van der Waals surface area contributed by atoms with E-state index < -0.39 is 10.8 Å². The van der Waals surface area contributed by atoms with Crippen LogP contribution in [0.15, 0.2) is 47.0 Å². The van der Waals surface area contributed by atoms with Gasteiger partial charge in [0.25, 0.3) is 11.6 Å². The molecule has 0 bridgehead atoms. The van der Waals surface area contributed by atoms with Gasteiger partial charge in [-0.05, 0) is 18.2 Å². The first-order valence-corrected chi connectivity index (χ1v) is 8.01. The Morgan fingerprint density at radius 2 is 1.96 bits per heavy atom. The summed E-state index contributed by atoms with van der Waals surface area (Å²) in [6.45, 7) is -0.0381. The highest BCUT2D eigenvalue weighted by molar-refractivity contribution is 6.34. The Morgan fingerprint density at radius 1 is 1.19 bits per heavy atom. The summed E-state index contributed by atoms with van der Waals surface area (Å²) < 4.78 is 5.08. The Bertz CT molecular complexity index is 990. The number of hydrogen-bond acceptors (Lipinski definition) is 6. The maximum Gasteiger partial charge on any atom is 0.270 e. The molecule has 1 aromatic heterocycles. The van der Waals surface area contributed by atoms with Gasteiger partial charge >= 0.3 is 0 Å². The molecule has 1 amide bonds. The lowest BCUT2D eigenvalue weighted by molar-refractivity contribution is -0.384. The SMILES string of the molecule is O=C(NCc1nc(-c2ccccc2Cl)no1)c1ccc([N+](=O)[O-])cc1Cl. The third kappa shape index (κ3) is 3.81. The minimum absolute atomic E-state index is 0.0287. The fourth-order valence-corrected chi connectivity index (χ4v) is 2.61. The lowest BCUT2D eigenvalue weighted by Crippen LogP contribution is -2.23. The van der Waals surface area contributed by atoms with Crippen molar-refractivity contribution in [2.75, 3.05) is 0 Å². The van der Waals surface area contributed by atoms with Crippen molar-refractivity contribution in [3.8, 4) is 11.4 Å². The summed E-state index contributed by atoms with van der Waals surface area (Å²) in [5, 5.41) is 17.5. The molecule has 0 aliphatic heterocycles. The van der Waals surface area contributed by atoms with Crippen molar-refractivity contribution >= 4 is 34.8 Å². The van der Waals surface area contributed by atoms with Crippen molar-refractivity contribution in [2.24, 2.45) is 0 Å². The van der Waals surface area contributed by atoms with Gasteiger partial charge in [0, 0.05) is 17.7 Å². The third-order valence-corrected chi connectivity index (χ3v) is 4.03. The van der Waals surface area contributed by atoms with Crippen LogP contribution in [0, 0.1) is 10.1 Å². The van der Waals surface area contributed by atoms with Crippen LogP contribution in [-0.2, 0) is 6.54 Å². The molecule has 0 aliphatic carbocycles. The molecule has 1 N–H and O–H groups in total. The zero-order valence-corrected chi connectivity index (χ0v) is 14.5. The van der Waals surface area contributed by atoms with Crippen molar-refractivity contribution < 1.29 is 14.2 Å². The van der Waals surface area contributed by atoms with E-state index in [9.17, 15) is 14.9 Å². The minimum Gasteiger partial charge on any atom is -0.343 e. The summed E-state index contributed by atoms with van der Waals surface area (Å²) in [5.74, 6) is -0.0538. The molecule has 0 saturated heterocycles. The zero-order chi connectivity index (χ0) is 18.7. The van der Waals surface area contributed by atoms with Crippen molar-refractivity contribution in [1.29, 1.82) is 0 Å². The number of non-ortho nitro benzene ring substituents is 1. The van der Waals surface area contributed by atoms with E-state index in [-0.39, 0.29) is 28.7 Å². The number of rotatable bonds is 5. The zero-order valence-electron chi connectivity index (χ0n) is 13.0. The van der Waals surface area contributed by atoms with Crippen LogP contribution in [0.5, 0.6) is 0 Å². The summed E-state index contributed by atoms with van der Waals surface area (Å²) in [7, 11) is 0. The number of nitro groups is 1. The van der Waals surface area contributed by atoms with Crippen LogP contribution < -0.4 is 5.32 Å². The maximum absolute atomic E-state index is 12.2. The van der Waals surface area contributed by atoms with E-state index in [2.05, 4.69) is 15.5 Å². The van der Waals surface area contributed by atoms with Crippen molar-refractivity contribution in [3.05, 3.63) is 74.1 Å². The van der Waals surface area contributed by atoms with Gasteiger partial charge in [-0.25, -0.2) is 0 Å². The van der Waals surface area contributed by atoms with E-state index in [1.54, 1.807) is 24.3 Å². The average Bonchev–Trinajstić information content (AvgIpc) is 3.08. The quantitative estimate of drug-likeness (QED) is 0.520. The molecule has 8 nitrogen and oxygen atoms in total. The van der Waals surface area contributed by atoms with Crippen LogP contribution in [0.4, 0.5) is 5.69 Å². The maximum atomic E-state index is 12.2. The van der Waals surface area contributed by atoms with Crippen LogP contribution in [0.3, 0.4) is 0 Å². The average molecular weight is 393 g/mol. The Balaban J connectivity index is 1.69. The molecule has 2 aromatic carbocycles. The van der Waals surface area contributed by atoms with Gasteiger partial charge < -0.3 is 9.84 Å². The predicted octanol–water partition coefficient (Wildman–Crippen LogP) is 3.88. The molecule has 10 heteroatoms. The van der Waals surface area contributed by atoms with Crippen LogP contribution in [-0.4, -0.2) is 21.0 Å².